The lowest BCUT2D eigenvalue weighted by Gasteiger charge is -2.18. The van der Waals surface area contributed by atoms with Crippen LogP contribution in [0.1, 0.15) is 24.3 Å². The molecule has 1 aromatic heterocycles. The van der Waals surface area contributed by atoms with E-state index in [9.17, 15) is 9.18 Å². The summed E-state index contributed by atoms with van der Waals surface area (Å²) in [5.74, 6) is -0.390. The van der Waals surface area contributed by atoms with Crippen LogP contribution in [-0.2, 0) is 0 Å². The number of pyridine rings is 1. The van der Waals surface area contributed by atoms with Gasteiger partial charge < -0.3 is 10.2 Å². The van der Waals surface area contributed by atoms with Crippen LogP contribution >= 0.6 is 0 Å². The van der Waals surface area contributed by atoms with Crippen LogP contribution in [-0.4, -0.2) is 28.9 Å². The van der Waals surface area contributed by atoms with Gasteiger partial charge in [-0.15, -0.1) is 0 Å². The maximum absolute atomic E-state index is 13.1. The Hall–Kier alpha value is -2.43. The van der Waals surface area contributed by atoms with Crippen molar-refractivity contribution in [2.45, 2.75) is 13.8 Å². The van der Waals surface area contributed by atoms with E-state index >= 15 is 0 Å². The largest absolute Gasteiger partial charge is 0.354 e. The number of hydrogen-bond acceptors (Lipinski definition) is 3. The highest BCUT2D eigenvalue weighted by Gasteiger charge is 2.13. The minimum atomic E-state index is -0.304. The predicted molar refractivity (Wildman–Crippen MR) is 81.2 cm³/mol. The fourth-order valence-corrected chi connectivity index (χ4v) is 2.00. The monoisotopic (exact) mass is 287 g/mol. The highest BCUT2D eigenvalue weighted by Crippen LogP contribution is 2.17. The van der Waals surface area contributed by atoms with Gasteiger partial charge in [-0.2, -0.15) is 0 Å². The molecule has 5 heteroatoms. The first-order chi connectivity index (χ1) is 10.1. The molecule has 0 saturated heterocycles. The fraction of sp³-hybridized carbons (Fsp3) is 0.250. The number of carbonyl (C=O) groups is 1. The average Bonchev–Trinajstić information content (AvgIpc) is 2.49. The Morgan fingerprint density at radius 2 is 1.95 bits per heavy atom. The lowest BCUT2D eigenvalue weighted by atomic mass is 10.2. The standard InChI is InChI=1S/C16H18FN3O/c1-3-20(4-2)16(21)15-9-8-14(11-18-15)19-13-7-5-6-12(17)10-13/h5-11,19H,3-4H2,1-2H3. The summed E-state index contributed by atoms with van der Waals surface area (Å²) in [6.07, 6.45) is 1.57. The molecule has 0 unspecified atom stereocenters. The first kappa shape index (κ1) is 15.0. The SMILES string of the molecule is CCN(CC)C(=O)c1ccc(Nc2cccc(F)c2)cn1. The van der Waals surface area contributed by atoms with Gasteiger partial charge in [-0.05, 0) is 44.2 Å². The Labute approximate surface area is 123 Å². The Balaban J connectivity index is 2.10. The first-order valence-corrected chi connectivity index (χ1v) is 6.92. The van der Waals surface area contributed by atoms with Crippen LogP contribution in [0.4, 0.5) is 15.8 Å². The molecule has 1 amide bonds. The predicted octanol–water partition coefficient (Wildman–Crippen LogP) is 3.45. The van der Waals surface area contributed by atoms with Crippen LogP contribution in [0.15, 0.2) is 42.6 Å². The summed E-state index contributed by atoms with van der Waals surface area (Å²) >= 11 is 0. The Morgan fingerprint density at radius 1 is 1.19 bits per heavy atom. The fourth-order valence-electron chi connectivity index (χ4n) is 2.00. The molecule has 0 aliphatic heterocycles. The summed E-state index contributed by atoms with van der Waals surface area (Å²) in [5.41, 5.74) is 1.75. The summed E-state index contributed by atoms with van der Waals surface area (Å²) in [7, 11) is 0. The van der Waals surface area contributed by atoms with Crippen molar-refractivity contribution in [1.29, 1.82) is 0 Å². The van der Waals surface area contributed by atoms with Gasteiger partial charge in [0.25, 0.3) is 5.91 Å². The number of nitrogens with one attached hydrogen (secondary N) is 1. The van der Waals surface area contributed by atoms with Gasteiger partial charge in [-0.3, -0.25) is 4.79 Å². The molecule has 0 radical (unpaired) electrons. The molecule has 0 bridgehead atoms. The summed E-state index contributed by atoms with van der Waals surface area (Å²) in [6, 6.07) is 9.60. The summed E-state index contributed by atoms with van der Waals surface area (Å²) in [6.45, 7) is 5.17. The van der Waals surface area contributed by atoms with E-state index in [2.05, 4.69) is 10.3 Å². The second-order valence-corrected chi connectivity index (χ2v) is 4.54. The number of amides is 1. The zero-order valence-electron chi connectivity index (χ0n) is 12.1. The van der Waals surface area contributed by atoms with E-state index < -0.39 is 0 Å². The van der Waals surface area contributed by atoms with Gasteiger partial charge in [0.1, 0.15) is 11.5 Å². The van der Waals surface area contributed by atoms with Gasteiger partial charge in [0.05, 0.1) is 11.9 Å². The molecule has 0 atom stereocenters. The van der Waals surface area contributed by atoms with E-state index in [0.717, 1.165) is 0 Å². The molecule has 1 heterocycles. The van der Waals surface area contributed by atoms with Crippen molar-refractivity contribution in [3.05, 3.63) is 54.1 Å². The molecule has 0 spiro atoms. The van der Waals surface area contributed by atoms with E-state index in [4.69, 9.17) is 0 Å². The number of nitrogens with zero attached hydrogens (tertiary/aromatic N) is 2. The van der Waals surface area contributed by atoms with Gasteiger partial charge in [0.15, 0.2) is 0 Å². The normalized spacial score (nSPS) is 10.2. The maximum atomic E-state index is 13.1. The Morgan fingerprint density at radius 3 is 2.52 bits per heavy atom. The van der Waals surface area contributed by atoms with E-state index in [1.54, 1.807) is 35.4 Å². The molecule has 110 valence electrons. The van der Waals surface area contributed by atoms with Crippen LogP contribution in [0.3, 0.4) is 0 Å². The molecular formula is C16H18FN3O. The number of carbonyl (C=O) groups excluding carboxylic acids is 1. The van der Waals surface area contributed by atoms with Crippen LogP contribution in [0.5, 0.6) is 0 Å². The quantitative estimate of drug-likeness (QED) is 0.916. The number of halogens is 1. The van der Waals surface area contributed by atoms with Crippen molar-refractivity contribution in [3.8, 4) is 0 Å². The highest BCUT2D eigenvalue weighted by atomic mass is 19.1. The number of anilines is 2. The molecule has 0 fully saturated rings. The summed E-state index contributed by atoms with van der Waals surface area (Å²) < 4.78 is 13.1. The average molecular weight is 287 g/mol. The van der Waals surface area contributed by atoms with E-state index in [0.29, 0.717) is 30.2 Å². The minimum absolute atomic E-state index is 0.0858. The lowest BCUT2D eigenvalue weighted by molar-refractivity contribution is 0.0767. The number of benzene rings is 1. The molecule has 0 aliphatic rings. The number of aromatic nitrogens is 1. The van der Waals surface area contributed by atoms with Gasteiger partial charge in [0.2, 0.25) is 0 Å². The van der Waals surface area contributed by atoms with Crippen molar-refractivity contribution in [2.24, 2.45) is 0 Å². The van der Waals surface area contributed by atoms with Crippen LogP contribution in [0, 0.1) is 5.82 Å². The zero-order chi connectivity index (χ0) is 15.2. The van der Waals surface area contributed by atoms with Gasteiger partial charge >= 0.3 is 0 Å². The molecule has 0 aliphatic carbocycles. The molecule has 2 rings (SSSR count). The Bertz CT molecular complexity index is 609. The topological polar surface area (TPSA) is 45.2 Å². The molecule has 1 aromatic carbocycles. The second kappa shape index (κ2) is 6.83. The molecule has 2 aromatic rings. The molecule has 4 nitrogen and oxygen atoms in total. The van der Waals surface area contributed by atoms with Gasteiger partial charge in [-0.1, -0.05) is 6.07 Å². The Kier molecular flexibility index (Phi) is 4.87. The van der Waals surface area contributed by atoms with Crippen molar-refractivity contribution in [2.75, 3.05) is 18.4 Å². The van der Waals surface area contributed by atoms with E-state index in [1.807, 2.05) is 13.8 Å². The molecule has 21 heavy (non-hydrogen) atoms. The van der Waals surface area contributed by atoms with Crippen molar-refractivity contribution in [1.82, 2.24) is 9.88 Å². The molecular weight excluding hydrogens is 269 g/mol. The van der Waals surface area contributed by atoms with Gasteiger partial charge in [-0.25, -0.2) is 9.37 Å². The van der Waals surface area contributed by atoms with Gasteiger partial charge in [0, 0.05) is 18.8 Å². The van der Waals surface area contributed by atoms with Crippen molar-refractivity contribution >= 4 is 17.3 Å². The minimum Gasteiger partial charge on any atom is -0.354 e. The lowest BCUT2D eigenvalue weighted by Crippen LogP contribution is -2.31. The third kappa shape index (κ3) is 3.78. The van der Waals surface area contributed by atoms with Crippen molar-refractivity contribution in [3.63, 3.8) is 0 Å². The number of hydrogen-bond donors (Lipinski definition) is 1. The van der Waals surface area contributed by atoms with E-state index in [-0.39, 0.29) is 11.7 Å². The second-order valence-electron chi connectivity index (χ2n) is 4.54. The van der Waals surface area contributed by atoms with Crippen LogP contribution in [0.25, 0.3) is 0 Å². The van der Waals surface area contributed by atoms with Crippen LogP contribution in [0.2, 0.25) is 0 Å². The summed E-state index contributed by atoms with van der Waals surface area (Å²) in [5, 5.41) is 3.04. The molecule has 0 saturated carbocycles. The first-order valence-electron chi connectivity index (χ1n) is 6.92. The van der Waals surface area contributed by atoms with Crippen molar-refractivity contribution < 1.29 is 9.18 Å². The van der Waals surface area contributed by atoms with Crippen LogP contribution < -0.4 is 5.32 Å². The summed E-state index contributed by atoms with van der Waals surface area (Å²) in [4.78, 5) is 18.0. The van der Waals surface area contributed by atoms with E-state index in [1.165, 1.54) is 12.1 Å². The zero-order valence-corrected chi connectivity index (χ0v) is 12.1. The third-order valence-corrected chi connectivity index (χ3v) is 3.15. The maximum Gasteiger partial charge on any atom is 0.272 e. The third-order valence-electron chi connectivity index (χ3n) is 3.15. The number of rotatable bonds is 5. The molecule has 1 N–H and O–H groups in total. The highest BCUT2D eigenvalue weighted by molar-refractivity contribution is 5.92. The smallest absolute Gasteiger partial charge is 0.272 e.